The minimum atomic E-state index is -1.32. The van der Waals surface area contributed by atoms with Crippen LogP contribution in [-0.4, -0.2) is 18.9 Å². The highest BCUT2D eigenvalue weighted by Crippen LogP contribution is 2.27. The molecule has 0 aromatic heterocycles. The molecule has 0 fully saturated rings. The highest BCUT2D eigenvalue weighted by molar-refractivity contribution is 6.80. The van der Waals surface area contributed by atoms with E-state index in [1.807, 2.05) is 0 Å². The zero-order valence-corrected chi connectivity index (χ0v) is 11.5. The summed E-state index contributed by atoms with van der Waals surface area (Å²) in [6, 6.07) is 3.73. The molecule has 1 N–H and O–H groups in total. The van der Waals surface area contributed by atoms with E-state index in [2.05, 4.69) is 27.7 Å². The predicted octanol–water partition coefficient (Wildman–Crippen LogP) is 3.98. The fraction of sp³-hybridized carbons (Fsp3) is 1.00. The molecule has 0 rings (SSSR count). The van der Waals surface area contributed by atoms with E-state index in [1.54, 1.807) is 0 Å². The van der Waals surface area contributed by atoms with Crippen molar-refractivity contribution in [2.45, 2.75) is 77.2 Å². The van der Waals surface area contributed by atoms with Crippen molar-refractivity contribution in [3.05, 3.63) is 0 Å². The smallest absolute Gasteiger partial charge is 0.0864 e. The second-order valence-corrected chi connectivity index (χ2v) is 9.95. The highest BCUT2D eigenvalue weighted by atomic mass is 28.3. The third kappa shape index (κ3) is 3.74. The van der Waals surface area contributed by atoms with Crippen LogP contribution >= 0.6 is 0 Å². The Hall–Kier alpha value is 0.177. The van der Waals surface area contributed by atoms with Gasteiger partial charge in [0, 0.05) is 5.73 Å². The molecular weight excluding hydrogens is 188 g/mol. The Labute approximate surface area is 90.9 Å². The minimum absolute atomic E-state index is 0.0500. The fourth-order valence-corrected chi connectivity index (χ4v) is 6.08. The van der Waals surface area contributed by atoms with Gasteiger partial charge >= 0.3 is 0 Å². The van der Waals surface area contributed by atoms with Gasteiger partial charge < -0.3 is 5.11 Å². The number of unbranched alkanes of at least 4 members (excludes halogenated alkanes) is 2. The topological polar surface area (TPSA) is 20.2 Å². The van der Waals surface area contributed by atoms with Crippen LogP contribution in [0, 0.1) is 0 Å². The fourth-order valence-electron chi connectivity index (χ4n) is 2.35. The molecular formula is C12H28OSi. The van der Waals surface area contributed by atoms with Gasteiger partial charge in [-0.1, -0.05) is 65.1 Å². The first kappa shape index (κ1) is 14.2. The van der Waals surface area contributed by atoms with E-state index in [0.717, 1.165) is 6.42 Å². The van der Waals surface area contributed by atoms with Crippen LogP contribution < -0.4 is 0 Å². The van der Waals surface area contributed by atoms with Gasteiger partial charge in [0.1, 0.15) is 0 Å². The van der Waals surface area contributed by atoms with Gasteiger partial charge in [0.15, 0.2) is 0 Å². The molecule has 0 spiro atoms. The first-order valence-corrected chi connectivity index (χ1v) is 9.04. The van der Waals surface area contributed by atoms with E-state index in [-0.39, 0.29) is 5.73 Å². The van der Waals surface area contributed by atoms with Gasteiger partial charge in [0.2, 0.25) is 0 Å². The van der Waals surface area contributed by atoms with Crippen LogP contribution in [0.2, 0.25) is 18.1 Å². The molecule has 0 aliphatic rings. The lowest BCUT2D eigenvalue weighted by molar-refractivity contribution is 0.225. The molecule has 0 radical (unpaired) electrons. The highest BCUT2D eigenvalue weighted by Gasteiger charge is 2.34. The quantitative estimate of drug-likeness (QED) is 0.481. The van der Waals surface area contributed by atoms with Gasteiger partial charge in [-0.2, -0.15) is 0 Å². The van der Waals surface area contributed by atoms with Crippen molar-refractivity contribution in [2.24, 2.45) is 0 Å². The van der Waals surface area contributed by atoms with Crippen molar-refractivity contribution >= 4 is 8.07 Å². The Morgan fingerprint density at radius 2 is 1.43 bits per heavy atom. The second kappa shape index (κ2) is 7.47. The largest absolute Gasteiger partial charge is 0.397 e. The molecule has 0 saturated heterocycles. The Balaban J connectivity index is 4.07. The third-order valence-electron chi connectivity index (χ3n) is 3.90. The van der Waals surface area contributed by atoms with Crippen molar-refractivity contribution in [2.75, 3.05) is 0 Å². The molecule has 0 amide bonds. The van der Waals surface area contributed by atoms with Crippen LogP contribution in [0.25, 0.3) is 0 Å². The maximum atomic E-state index is 10.2. The monoisotopic (exact) mass is 216 g/mol. The predicted molar refractivity (Wildman–Crippen MR) is 67.3 cm³/mol. The van der Waals surface area contributed by atoms with Gasteiger partial charge in [0.25, 0.3) is 0 Å². The Bertz CT molecular complexity index is 124. The molecule has 0 aliphatic carbocycles. The molecule has 0 aromatic carbocycles. The van der Waals surface area contributed by atoms with Crippen molar-refractivity contribution in [3.8, 4) is 0 Å². The Kier molecular flexibility index (Phi) is 7.56. The molecule has 1 nitrogen and oxygen atoms in total. The number of aliphatic hydroxyl groups excluding tert-OH is 1. The van der Waals surface area contributed by atoms with E-state index in [4.69, 9.17) is 0 Å². The molecule has 0 bridgehead atoms. The average molecular weight is 216 g/mol. The van der Waals surface area contributed by atoms with Crippen molar-refractivity contribution < 1.29 is 5.11 Å². The van der Waals surface area contributed by atoms with Gasteiger partial charge in [-0.15, -0.1) is 0 Å². The van der Waals surface area contributed by atoms with Crippen LogP contribution in [0.1, 0.15) is 53.4 Å². The van der Waals surface area contributed by atoms with E-state index in [0.29, 0.717) is 0 Å². The van der Waals surface area contributed by atoms with E-state index in [9.17, 15) is 5.11 Å². The van der Waals surface area contributed by atoms with E-state index in [1.165, 1.54) is 37.4 Å². The lowest BCUT2D eigenvalue weighted by Crippen LogP contribution is -2.45. The molecule has 2 heteroatoms. The molecule has 14 heavy (non-hydrogen) atoms. The average Bonchev–Trinajstić information content (AvgIpc) is 2.22. The maximum absolute atomic E-state index is 10.2. The standard InChI is InChI=1S/C12H28OSi/c1-5-9-10-11-12(13)14(6-2,7-3)8-4/h12-13H,5-11H2,1-4H3. The van der Waals surface area contributed by atoms with Gasteiger partial charge in [0.05, 0.1) is 8.07 Å². The number of aliphatic hydroxyl groups is 1. The van der Waals surface area contributed by atoms with Crippen LogP contribution in [0.5, 0.6) is 0 Å². The van der Waals surface area contributed by atoms with Gasteiger partial charge in [-0.3, -0.25) is 0 Å². The van der Waals surface area contributed by atoms with E-state index >= 15 is 0 Å². The number of hydrogen-bond donors (Lipinski definition) is 1. The first-order valence-electron chi connectivity index (χ1n) is 6.34. The molecule has 0 aromatic rings. The first-order chi connectivity index (χ1) is 6.66. The summed E-state index contributed by atoms with van der Waals surface area (Å²) in [5, 5.41) is 10.2. The van der Waals surface area contributed by atoms with Crippen molar-refractivity contribution in [1.82, 2.24) is 0 Å². The number of rotatable bonds is 8. The van der Waals surface area contributed by atoms with Crippen molar-refractivity contribution in [1.29, 1.82) is 0 Å². The lowest BCUT2D eigenvalue weighted by Gasteiger charge is -2.33. The summed E-state index contributed by atoms with van der Waals surface area (Å²) in [6.45, 7) is 9.02. The molecule has 0 heterocycles. The Morgan fingerprint density at radius 3 is 1.79 bits per heavy atom. The second-order valence-electron chi connectivity index (χ2n) is 4.43. The maximum Gasteiger partial charge on any atom is 0.0864 e. The molecule has 0 saturated carbocycles. The van der Waals surface area contributed by atoms with Crippen LogP contribution in [0.4, 0.5) is 0 Å². The molecule has 1 atom stereocenters. The summed E-state index contributed by atoms with van der Waals surface area (Å²) >= 11 is 0. The normalized spacial score (nSPS) is 14.4. The summed E-state index contributed by atoms with van der Waals surface area (Å²) in [5.41, 5.74) is 0.0500. The molecule has 1 unspecified atom stereocenters. The molecule has 0 aliphatic heterocycles. The lowest BCUT2D eigenvalue weighted by atomic mass is 10.2. The molecule has 86 valence electrons. The summed E-state index contributed by atoms with van der Waals surface area (Å²) in [7, 11) is -1.32. The van der Waals surface area contributed by atoms with Crippen molar-refractivity contribution in [3.63, 3.8) is 0 Å². The van der Waals surface area contributed by atoms with Gasteiger partial charge in [-0.05, 0) is 6.42 Å². The van der Waals surface area contributed by atoms with E-state index < -0.39 is 8.07 Å². The number of hydrogen-bond acceptors (Lipinski definition) is 1. The van der Waals surface area contributed by atoms with Gasteiger partial charge in [-0.25, -0.2) is 0 Å². The van der Waals surface area contributed by atoms with Crippen LogP contribution in [0.15, 0.2) is 0 Å². The summed E-state index contributed by atoms with van der Waals surface area (Å²) < 4.78 is 0. The zero-order valence-electron chi connectivity index (χ0n) is 10.5. The summed E-state index contributed by atoms with van der Waals surface area (Å²) in [4.78, 5) is 0. The van der Waals surface area contributed by atoms with Crippen LogP contribution in [0.3, 0.4) is 0 Å². The Morgan fingerprint density at radius 1 is 0.929 bits per heavy atom. The minimum Gasteiger partial charge on any atom is -0.397 e. The third-order valence-corrected chi connectivity index (χ3v) is 9.83. The zero-order chi connectivity index (χ0) is 11.0. The summed E-state index contributed by atoms with van der Waals surface area (Å²) in [6.07, 6.45) is 4.80. The van der Waals surface area contributed by atoms with Crippen LogP contribution in [-0.2, 0) is 0 Å². The summed E-state index contributed by atoms with van der Waals surface area (Å²) in [5.74, 6) is 0. The SMILES string of the molecule is CCCCCC(O)[Si](CC)(CC)CC.